The molecule has 1 aromatic carbocycles. The van der Waals surface area contributed by atoms with Crippen molar-refractivity contribution in [3.8, 4) is 0 Å². The zero-order chi connectivity index (χ0) is 35.3. The van der Waals surface area contributed by atoms with Crippen LogP contribution in [-0.2, 0) is 31.3 Å². The van der Waals surface area contributed by atoms with Crippen molar-refractivity contribution in [3.63, 3.8) is 0 Å². The smallest absolute Gasteiger partial charge is 0.318 e. The summed E-state index contributed by atoms with van der Waals surface area (Å²) in [6.45, 7) is 1.82. The van der Waals surface area contributed by atoms with Crippen molar-refractivity contribution < 1.29 is 31.1 Å². The number of anilines is 1. The molecule has 2 saturated heterocycles. The normalized spacial score (nSPS) is 17.2. The molecule has 2 aliphatic heterocycles. The van der Waals surface area contributed by atoms with Gasteiger partial charge in [-0.3, -0.25) is 4.79 Å². The van der Waals surface area contributed by atoms with Crippen LogP contribution in [0.5, 0.6) is 0 Å². The number of aromatic nitrogens is 1. The van der Waals surface area contributed by atoms with Crippen molar-refractivity contribution in [2.75, 3.05) is 44.2 Å². The molecule has 49 heavy (non-hydrogen) atoms. The second kappa shape index (κ2) is 16.8. The van der Waals surface area contributed by atoms with E-state index < -0.39 is 38.4 Å². The Hall–Kier alpha value is -1.66. The van der Waals surface area contributed by atoms with Gasteiger partial charge in [0.1, 0.15) is 31.6 Å². The minimum Gasteiger partial charge on any atom is -0.480 e. The highest BCUT2D eigenvalue weighted by Crippen LogP contribution is 2.38. The molecule has 0 aliphatic carbocycles. The van der Waals surface area contributed by atoms with Gasteiger partial charge in [-0.2, -0.15) is 8.61 Å². The Balaban J connectivity index is 1.08. The number of carbonyl (C=O) groups is 1. The Morgan fingerprint density at radius 2 is 1.59 bits per heavy atom. The standard InChI is InChI=1S/C32H38Br2ClFN4O6S3/c33-27-19-30(47-31(27)35)49(45,46)39-15-10-23(11-16-39)3-1-2-22-8-13-38(14-9-22)32-28(34)18-26(20-37-32)48(43,44)40(21-29(41)42)17-12-24-4-6-25(36)7-5-24/h4-7,18-20,22-23H,1-3,8-17,21H2,(H,41,42). The van der Waals surface area contributed by atoms with Crippen molar-refractivity contribution in [1.29, 1.82) is 0 Å². The maximum Gasteiger partial charge on any atom is 0.318 e. The molecule has 268 valence electrons. The van der Waals surface area contributed by atoms with Crippen molar-refractivity contribution in [3.05, 3.63) is 67.3 Å². The molecule has 2 aromatic heterocycles. The van der Waals surface area contributed by atoms with E-state index in [9.17, 15) is 31.1 Å². The van der Waals surface area contributed by atoms with E-state index in [0.717, 1.165) is 73.7 Å². The maximum absolute atomic E-state index is 13.5. The second-order valence-electron chi connectivity index (χ2n) is 12.5. The maximum atomic E-state index is 13.5. The minimum atomic E-state index is -4.17. The first-order chi connectivity index (χ1) is 23.2. The highest BCUT2D eigenvalue weighted by Gasteiger charge is 2.32. The number of thiophene rings is 1. The third-order valence-corrected chi connectivity index (χ3v) is 16.5. The number of carboxylic acids is 1. The first-order valence-corrected chi connectivity index (χ1v) is 21.7. The monoisotopic (exact) mass is 882 g/mol. The van der Waals surface area contributed by atoms with E-state index in [1.807, 2.05) is 0 Å². The molecule has 0 unspecified atom stereocenters. The van der Waals surface area contributed by atoms with Crippen LogP contribution in [0.25, 0.3) is 0 Å². The van der Waals surface area contributed by atoms with Gasteiger partial charge >= 0.3 is 5.97 Å². The average Bonchev–Trinajstić information content (AvgIpc) is 3.42. The number of pyridine rings is 1. The fourth-order valence-corrected chi connectivity index (χ4v) is 12.5. The molecule has 17 heteroatoms. The van der Waals surface area contributed by atoms with Gasteiger partial charge in [0.15, 0.2) is 0 Å². The van der Waals surface area contributed by atoms with Crippen LogP contribution in [0.3, 0.4) is 0 Å². The van der Waals surface area contributed by atoms with Crippen molar-refractivity contribution in [2.24, 2.45) is 11.8 Å². The van der Waals surface area contributed by atoms with Gasteiger partial charge in [-0.1, -0.05) is 43.0 Å². The Morgan fingerprint density at radius 3 is 2.14 bits per heavy atom. The van der Waals surface area contributed by atoms with Gasteiger partial charge < -0.3 is 10.0 Å². The fourth-order valence-electron chi connectivity index (χ4n) is 6.42. The quantitative estimate of drug-likeness (QED) is 0.179. The Kier molecular flexibility index (Phi) is 13.2. The summed E-state index contributed by atoms with van der Waals surface area (Å²) in [5.74, 6) is 0.0410. The molecule has 2 fully saturated rings. The first kappa shape index (κ1) is 38.6. The van der Waals surface area contributed by atoms with Crippen molar-refractivity contribution in [1.82, 2.24) is 13.6 Å². The summed E-state index contributed by atoms with van der Waals surface area (Å²) < 4.78 is 70.5. The van der Waals surface area contributed by atoms with E-state index in [0.29, 0.717) is 49.6 Å². The number of hydrogen-bond acceptors (Lipinski definition) is 8. The van der Waals surface area contributed by atoms with Gasteiger partial charge in [0.25, 0.3) is 10.0 Å². The lowest BCUT2D eigenvalue weighted by Crippen LogP contribution is -2.38. The highest BCUT2D eigenvalue weighted by atomic mass is 79.9. The van der Waals surface area contributed by atoms with Crippen LogP contribution in [-0.4, -0.2) is 80.8 Å². The summed E-state index contributed by atoms with van der Waals surface area (Å²) in [6, 6.07) is 8.69. The lowest BCUT2D eigenvalue weighted by molar-refractivity contribution is -0.137. The predicted octanol–water partition coefficient (Wildman–Crippen LogP) is 7.27. The summed E-state index contributed by atoms with van der Waals surface area (Å²) >= 11 is 13.9. The lowest BCUT2D eigenvalue weighted by Gasteiger charge is -2.34. The molecule has 0 spiro atoms. The predicted molar refractivity (Wildman–Crippen MR) is 196 cm³/mol. The molecular weight excluding hydrogens is 847 g/mol. The van der Waals surface area contributed by atoms with Gasteiger partial charge in [-0.25, -0.2) is 26.2 Å². The molecule has 0 amide bonds. The molecule has 5 rings (SSSR count). The molecule has 4 heterocycles. The first-order valence-electron chi connectivity index (χ1n) is 16.1. The van der Waals surface area contributed by atoms with Gasteiger partial charge in [0.2, 0.25) is 10.0 Å². The molecule has 1 N–H and O–H groups in total. The third kappa shape index (κ3) is 9.82. The van der Waals surface area contributed by atoms with Crippen LogP contribution in [0.4, 0.5) is 10.2 Å². The summed E-state index contributed by atoms with van der Waals surface area (Å²) in [5, 5.41) is 9.40. The second-order valence-corrected chi connectivity index (χ2v) is 19.9. The summed E-state index contributed by atoms with van der Waals surface area (Å²) in [6.07, 6.45) is 8.46. The number of hydrogen-bond donors (Lipinski definition) is 1. The molecule has 2 aliphatic rings. The summed E-state index contributed by atoms with van der Waals surface area (Å²) in [4.78, 5) is 18.0. The number of benzene rings is 1. The van der Waals surface area contributed by atoms with Crippen LogP contribution in [0, 0.1) is 17.7 Å². The number of halogens is 4. The fraction of sp³-hybridized carbons (Fsp3) is 0.500. The SMILES string of the molecule is O=C(O)CN(CCc1ccc(F)cc1)S(=O)(=O)c1cnc(N2CCC(CCCC3CCN(S(=O)(=O)c4cc(Br)c(Cl)s4)CC3)CC2)c(Br)c1. The third-order valence-electron chi connectivity index (χ3n) is 9.24. The van der Waals surface area contributed by atoms with Crippen molar-refractivity contribution >= 4 is 86.6 Å². The Morgan fingerprint density at radius 1 is 0.980 bits per heavy atom. The highest BCUT2D eigenvalue weighted by molar-refractivity contribution is 9.11. The average molecular weight is 885 g/mol. The Bertz CT molecular complexity index is 1810. The van der Waals surface area contributed by atoms with Crippen LogP contribution in [0.1, 0.15) is 50.5 Å². The number of aliphatic carboxylic acids is 1. The molecule has 0 radical (unpaired) electrons. The molecule has 10 nitrogen and oxygen atoms in total. The Labute approximate surface area is 313 Å². The molecule has 0 bridgehead atoms. The zero-order valence-electron chi connectivity index (χ0n) is 26.6. The van der Waals surface area contributed by atoms with Gasteiger partial charge in [-0.15, -0.1) is 11.3 Å². The number of piperidine rings is 2. The van der Waals surface area contributed by atoms with Crippen LogP contribution in [0.15, 0.2) is 60.6 Å². The van der Waals surface area contributed by atoms with E-state index in [1.54, 1.807) is 22.5 Å². The molecule has 0 atom stereocenters. The van der Waals surface area contributed by atoms with Crippen molar-refractivity contribution in [2.45, 2.75) is 60.5 Å². The van der Waals surface area contributed by atoms with E-state index >= 15 is 0 Å². The van der Waals surface area contributed by atoms with Crippen LogP contribution in [0.2, 0.25) is 4.34 Å². The van der Waals surface area contributed by atoms with Crippen LogP contribution >= 0.6 is 54.8 Å². The topological polar surface area (TPSA) is 128 Å². The summed E-state index contributed by atoms with van der Waals surface area (Å²) in [7, 11) is -7.69. The minimum absolute atomic E-state index is 0.0854. The van der Waals surface area contributed by atoms with E-state index in [1.165, 1.54) is 24.4 Å². The number of carboxylic acid groups (broad SMARTS) is 1. The number of sulfonamides is 2. The number of nitrogens with zero attached hydrogens (tertiary/aromatic N) is 4. The lowest BCUT2D eigenvalue weighted by atomic mass is 9.87. The van der Waals surface area contributed by atoms with E-state index in [4.69, 9.17) is 11.6 Å². The van der Waals surface area contributed by atoms with E-state index in [-0.39, 0.29) is 22.1 Å². The van der Waals surface area contributed by atoms with Gasteiger partial charge in [-0.05, 0) is 106 Å². The zero-order valence-corrected chi connectivity index (χ0v) is 33.0. The molecule has 3 aromatic rings. The molecule has 0 saturated carbocycles. The van der Waals surface area contributed by atoms with Gasteiger partial charge in [0.05, 0.1) is 4.47 Å². The summed E-state index contributed by atoms with van der Waals surface area (Å²) in [5.41, 5.74) is 0.689. The number of rotatable bonds is 14. The molecular formula is C32H38Br2ClFN4O6S3. The van der Waals surface area contributed by atoms with E-state index in [2.05, 4.69) is 41.7 Å². The van der Waals surface area contributed by atoms with Gasteiger partial charge in [0, 0.05) is 43.4 Å². The van der Waals surface area contributed by atoms with Crippen LogP contribution < -0.4 is 4.90 Å². The largest absolute Gasteiger partial charge is 0.480 e.